The number of carbonyl (C=O) groups excluding carboxylic acids is 1. The lowest BCUT2D eigenvalue weighted by Crippen LogP contribution is -2.40. The summed E-state index contributed by atoms with van der Waals surface area (Å²) in [4.78, 5) is 12.2. The highest BCUT2D eigenvalue weighted by molar-refractivity contribution is 6.74. The fraction of sp³-hybridized carbons (Fsp3) is 0.579. The van der Waals surface area contributed by atoms with Crippen molar-refractivity contribution in [3.63, 3.8) is 0 Å². The predicted molar refractivity (Wildman–Crippen MR) is 100 cm³/mol. The number of hydrogen-bond acceptors (Lipinski definition) is 4. The molecule has 1 aliphatic rings. The van der Waals surface area contributed by atoms with Gasteiger partial charge in [-0.05, 0) is 60.7 Å². The molecule has 0 aromatic carbocycles. The average molecular weight is 361 g/mol. The summed E-state index contributed by atoms with van der Waals surface area (Å²) in [6.07, 6.45) is 2.37. The zero-order valence-corrected chi connectivity index (χ0v) is 17.0. The molecule has 0 atom stereocenters. The van der Waals surface area contributed by atoms with E-state index in [-0.39, 0.29) is 11.0 Å². The van der Waals surface area contributed by atoms with Crippen LogP contribution < -0.4 is 0 Å². The molecule has 2 aromatic rings. The number of methoxy groups -OCH3 is 1. The summed E-state index contributed by atoms with van der Waals surface area (Å²) in [6.45, 7) is 11.6. The zero-order chi connectivity index (χ0) is 18.4. The number of esters is 1. The molecule has 6 heteroatoms. The van der Waals surface area contributed by atoms with Gasteiger partial charge in [0.25, 0.3) is 0 Å². The first kappa shape index (κ1) is 18.1. The van der Waals surface area contributed by atoms with Crippen LogP contribution in [0.25, 0.3) is 5.52 Å². The van der Waals surface area contributed by atoms with Crippen molar-refractivity contribution < 1.29 is 14.0 Å². The van der Waals surface area contributed by atoms with Crippen LogP contribution >= 0.6 is 0 Å². The molecule has 0 amide bonds. The molecule has 136 valence electrons. The third kappa shape index (κ3) is 3.65. The highest BCUT2D eigenvalue weighted by atomic mass is 28.4. The lowest BCUT2D eigenvalue weighted by Gasteiger charge is -2.35. The predicted octanol–water partition coefficient (Wildman–Crippen LogP) is 4.52. The molecule has 0 aliphatic heterocycles. The maximum Gasteiger partial charge on any atom is 0.356 e. The first-order valence-corrected chi connectivity index (χ1v) is 11.8. The van der Waals surface area contributed by atoms with Gasteiger partial charge in [-0.15, -0.1) is 0 Å². The standard InChI is InChI=1S/C19H28N2O3Si/c1-19(2,3)25(5,6)24-12-15-11-16-9-14(13-7-8-13)10-17(18(22)23-4)21(16)20-15/h9-11,13H,7-8,12H2,1-6H3. The summed E-state index contributed by atoms with van der Waals surface area (Å²) in [7, 11) is -0.433. The Kier molecular flexibility index (Phi) is 4.53. The van der Waals surface area contributed by atoms with E-state index < -0.39 is 8.32 Å². The first-order valence-electron chi connectivity index (χ1n) is 8.87. The smallest absolute Gasteiger partial charge is 0.356 e. The van der Waals surface area contributed by atoms with Gasteiger partial charge in [0.2, 0.25) is 0 Å². The Balaban J connectivity index is 1.92. The van der Waals surface area contributed by atoms with Gasteiger partial charge in [0.15, 0.2) is 14.0 Å². The number of carbonyl (C=O) groups is 1. The Morgan fingerprint density at radius 3 is 2.52 bits per heavy atom. The van der Waals surface area contributed by atoms with Gasteiger partial charge in [0, 0.05) is 0 Å². The summed E-state index contributed by atoms with van der Waals surface area (Å²) in [6, 6.07) is 6.07. The Hall–Kier alpha value is -1.66. The molecular weight excluding hydrogens is 332 g/mol. The molecule has 0 radical (unpaired) electrons. The van der Waals surface area contributed by atoms with E-state index in [0.717, 1.165) is 11.2 Å². The molecule has 0 unspecified atom stereocenters. The van der Waals surface area contributed by atoms with E-state index in [1.807, 2.05) is 12.1 Å². The van der Waals surface area contributed by atoms with Crippen molar-refractivity contribution in [2.75, 3.05) is 7.11 Å². The van der Waals surface area contributed by atoms with Gasteiger partial charge >= 0.3 is 5.97 Å². The van der Waals surface area contributed by atoms with Gasteiger partial charge in [-0.3, -0.25) is 0 Å². The van der Waals surface area contributed by atoms with E-state index in [9.17, 15) is 4.79 Å². The first-order chi connectivity index (χ1) is 11.6. The number of pyridine rings is 1. The van der Waals surface area contributed by atoms with E-state index >= 15 is 0 Å². The number of fused-ring (bicyclic) bond motifs is 1. The van der Waals surface area contributed by atoms with Crippen LogP contribution in [0.3, 0.4) is 0 Å². The van der Waals surface area contributed by atoms with Crippen molar-refractivity contribution in [3.8, 4) is 0 Å². The van der Waals surface area contributed by atoms with Crippen LogP contribution in [0.5, 0.6) is 0 Å². The van der Waals surface area contributed by atoms with Gasteiger partial charge in [-0.25, -0.2) is 9.31 Å². The number of aromatic nitrogens is 2. The number of nitrogens with zero attached hydrogens (tertiary/aromatic N) is 2. The summed E-state index contributed by atoms with van der Waals surface area (Å²) < 4.78 is 12.9. The Labute approximate surface area is 150 Å². The van der Waals surface area contributed by atoms with E-state index in [1.54, 1.807) is 4.52 Å². The molecule has 1 saturated carbocycles. The fourth-order valence-corrected chi connectivity index (χ4v) is 3.56. The largest absolute Gasteiger partial charge is 0.464 e. The van der Waals surface area contributed by atoms with Gasteiger partial charge < -0.3 is 9.16 Å². The Bertz CT molecular complexity index is 801. The summed E-state index contributed by atoms with van der Waals surface area (Å²) in [5.74, 6) is 0.211. The molecule has 0 N–H and O–H groups in total. The van der Waals surface area contributed by atoms with Crippen molar-refractivity contribution >= 4 is 19.8 Å². The van der Waals surface area contributed by atoms with Gasteiger partial charge in [0.1, 0.15) is 0 Å². The minimum Gasteiger partial charge on any atom is -0.464 e. The van der Waals surface area contributed by atoms with Crippen LogP contribution in [-0.2, 0) is 15.8 Å². The molecule has 0 saturated heterocycles. The van der Waals surface area contributed by atoms with E-state index in [2.05, 4.69) is 45.0 Å². The lowest BCUT2D eigenvalue weighted by molar-refractivity contribution is 0.0590. The van der Waals surface area contributed by atoms with E-state index in [0.29, 0.717) is 18.2 Å². The highest BCUT2D eigenvalue weighted by Crippen LogP contribution is 2.41. The van der Waals surface area contributed by atoms with Crippen LogP contribution in [0.4, 0.5) is 0 Å². The van der Waals surface area contributed by atoms with E-state index in [1.165, 1.54) is 25.5 Å². The second-order valence-corrected chi connectivity index (χ2v) is 13.3. The molecule has 1 aliphatic carbocycles. The molecule has 3 rings (SSSR count). The average Bonchev–Trinajstić information content (AvgIpc) is 3.30. The summed E-state index contributed by atoms with van der Waals surface area (Å²) in [5, 5.41) is 4.76. The number of hydrogen-bond donors (Lipinski definition) is 0. The minimum absolute atomic E-state index is 0.155. The second kappa shape index (κ2) is 6.25. The number of ether oxygens (including phenoxy) is 1. The Morgan fingerprint density at radius 2 is 1.96 bits per heavy atom. The molecular formula is C19H28N2O3Si. The molecule has 1 fully saturated rings. The summed E-state index contributed by atoms with van der Waals surface area (Å²) >= 11 is 0. The van der Waals surface area contributed by atoms with Crippen LogP contribution in [0.1, 0.15) is 61.3 Å². The third-order valence-corrected chi connectivity index (χ3v) is 9.94. The van der Waals surface area contributed by atoms with Crippen LogP contribution in [0, 0.1) is 0 Å². The molecule has 2 aromatic heterocycles. The van der Waals surface area contributed by atoms with Crippen LogP contribution in [0.2, 0.25) is 18.1 Å². The van der Waals surface area contributed by atoms with Crippen molar-refractivity contribution in [1.82, 2.24) is 9.61 Å². The minimum atomic E-state index is -1.84. The van der Waals surface area contributed by atoms with Gasteiger partial charge in [-0.1, -0.05) is 20.8 Å². The maximum atomic E-state index is 12.2. The van der Waals surface area contributed by atoms with Gasteiger partial charge in [-0.2, -0.15) is 5.10 Å². The monoisotopic (exact) mass is 360 g/mol. The van der Waals surface area contributed by atoms with Crippen LogP contribution in [-0.4, -0.2) is 31.0 Å². The fourth-order valence-electron chi connectivity index (χ4n) is 2.62. The normalized spacial score (nSPS) is 15.6. The lowest BCUT2D eigenvalue weighted by atomic mass is 10.1. The second-order valence-electron chi connectivity index (χ2n) is 8.46. The number of rotatable bonds is 5. The topological polar surface area (TPSA) is 52.8 Å². The van der Waals surface area contributed by atoms with Crippen molar-refractivity contribution in [2.24, 2.45) is 0 Å². The maximum absolute atomic E-state index is 12.2. The van der Waals surface area contributed by atoms with Gasteiger partial charge in [0.05, 0.1) is 24.9 Å². The Morgan fingerprint density at radius 1 is 1.28 bits per heavy atom. The molecule has 2 heterocycles. The van der Waals surface area contributed by atoms with E-state index in [4.69, 9.17) is 9.16 Å². The molecule has 25 heavy (non-hydrogen) atoms. The van der Waals surface area contributed by atoms with Crippen molar-refractivity contribution in [1.29, 1.82) is 0 Å². The SMILES string of the molecule is COC(=O)c1cc(C2CC2)cc2cc(CO[Si](C)(C)C(C)(C)C)nn12. The molecule has 5 nitrogen and oxygen atoms in total. The summed E-state index contributed by atoms with van der Waals surface area (Å²) in [5.41, 5.74) is 3.46. The molecule has 0 spiro atoms. The molecule has 0 bridgehead atoms. The third-order valence-electron chi connectivity index (χ3n) is 5.46. The van der Waals surface area contributed by atoms with Crippen molar-refractivity contribution in [2.45, 2.75) is 64.3 Å². The van der Waals surface area contributed by atoms with Crippen LogP contribution in [0.15, 0.2) is 18.2 Å². The zero-order valence-electron chi connectivity index (χ0n) is 16.0. The quantitative estimate of drug-likeness (QED) is 0.581. The van der Waals surface area contributed by atoms with Crippen molar-refractivity contribution in [3.05, 3.63) is 35.2 Å². The highest BCUT2D eigenvalue weighted by Gasteiger charge is 2.37.